The molecule has 156 valence electrons. The van der Waals surface area contributed by atoms with Gasteiger partial charge in [0.15, 0.2) is 5.13 Å². The van der Waals surface area contributed by atoms with Crippen LogP contribution in [0, 0.1) is 0 Å². The van der Waals surface area contributed by atoms with Crippen molar-refractivity contribution in [3.8, 4) is 0 Å². The first-order valence-electron chi connectivity index (χ1n) is 9.70. The molecule has 1 saturated heterocycles. The first kappa shape index (κ1) is 20.4. The van der Waals surface area contributed by atoms with Gasteiger partial charge in [0.2, 0.25) is 5.91 Å². The standard InChI is InChI=1S/C21H21ClN4O3S/c22-15-7-1-2-8-16(15)24-21-25-17(13-30-21)20(28)26-10-4-3-9-18(26)19(27)23-12-14-6-5-11-29-14/h1-2,5-8,11,13,18H,3-4,9-10,12H2,(H,23,27)(H,24,25). The Morgan fingerprint density at radius 3 is 2.90 bits per heavy atom. The van der Waals surface area contributed by atoms with Crippen LogP contribution in [0.3, 0.4) is 0 Å². The molecule has 3 aromatic rings. The van der Waals surface area contributed by atoms with Gasteiger partial charge in [0.1, 0.15) is 17.5 Å². The second kappa shape index (κ2) is 9.32. The summed E-state index contributed by atoms with van der Waals surface area (Å²) in [5.41, 5.74) is 1.04. The Morgan fingerprint density at radius 2 is 2.10 bits per heavy atom. The van der Waals surface area contributed by atoms with Gasteiger partial charge in [-0.2, -0.15) is 0 Å². The number of likely N-dealkylation sites (tertiary alicyclic amines) is 1. The SMILES string of the molecule is O=C(NCc1ccco1)C1CCCCN1C(=O)c1csc(Nc2ccccc2Cl)n1. The Hall–Kier alpha value is -2.84. The molecule has 3 heterocycles. The van der Waals surface area contributed by atoms with Crippen molar-refractivity contribution in [3.05, 3.63) is 64.5 Å². The van der Waals surface area contributed by atoms with Crippen molar-refractivity contribution in [2.45, 2.75) is 31.8 Å². The summed E-state index contributed by atoms with van der Waals surface area (Å²) < 4.78 is 5.25. The molecule has 0 saturated carbocycles. The number of rotatable bonds is 6. The summed E-state index contributed by atoms with van der Waals surface area (Å²) in [6.45, 7) is 0.829. The van der Waals surface area contributed by atoms with Crippen molar-refractivity contribution in [1.82, 2.24) is 15.2 Å². The zero-order valence-electron chi connectivity index (χ0n) is 16.1. The van der Waals surface area contributed by atoms with E-state index >= 15 is 0 Å². The second-order valence-corrected chi connectivity index (χ2v) is 8.22. The molecule has 1 aromatic carbocycles. The van der Waals surface area contributed by atoms with Crippen LogP contribution in [0.5, 0.6) is 0 Å². The van der Waals surface area contributed by atoms with Gasteiger partial charge in [0, 0.05) is 11.9 Å². The van der Waals surface area contributed by atoms with Crippen molar-refractivity contribution >= 4 is 45.6 Å². The maximum Gasteiger partial charge on any atom is 0.274 e. The third kappa shape index (κ3) is 4.66. The van der Waals surface area contributed by atoms with Crippen LogP contribution in [-0.4, -0.2) is 34.3 Å². The van der Waals surface area contributed by atoms with Gasteiger partial charge in [0.05, 0.1) is 23.5 Å². The van der Waals surface area contributed by atoms with E-state index < -0.39 is 6.04 Å². The number of hydrogen-bond acceptors (Lipinski definition) is 6. The third-order valence-corrected chi connectivity index (χ3v) is 6.01. The average Bonchev–Trinajstić information content (AvgIpc) is 3.45. The highest BCUT2D eigenvalue weighted by Gasteiger charge is 2.33. The van der Waals surface area contributed by atoms with Crippen molar-refractivity contribution in [2.24, 2.45) is 0 Å². The second-order valence-electron chi connectivity index (χ2n) is 6.95. The first-order valence-corrected chi connectivity index (χ1v) is 11.0. The Kier molecular flexibility index (Phi) is 6.35. The minimum atomic E-state index is -0.511. The van der Waals surface area contributed by atoms with Crippen molar-refractivity contribution in [1.29, 1.82) is 0 Å². The Balaban J connectivity index is 1.43. The number of nitrogens with zero attached hydrogens (tertiary/aromatic N) is 2. The van der Waals surface area contributed by atoms with Crippen molar-refractivity contribution < 1.29 is 14.0 Å². The summed E-state index contributed by atoms with van der Waals surface area (Å²) in [5, 5.41) is 8.85. The van der Waals surface area contributed by atoms with Gasteiger partial charge in [-0.15, -0.1) is 11.3 Å². The lowest BCUT2D eigenvalue weighted by Crippen LogP contribution is -2.51. The normalized spacial score (nSPS) is 16.3. The number of anilines is 2. The lowest BCUT2D eigenvalue weighted by atomic mass is 10.0. The largest absolute Gasteiger partial charge is 0.467 e. The third-order valence-electron chi connectivity index (χ3n) is 4.92. The molecule has 2 aromatic heterocycles. The topological polar surface area (TPSA) is 87.5 Å². The van der Waals surface area contributed by atoms with E-state index in [1.807, 2.05) is 18.2 Å². The maximum atomic E-state index is 13.1. The minimum absolute atomic E-state index is 0.177. The molecule has 0 bridgehead atoms. The van der Waals surface area contributed by atoms with Gasteiger partial charge in [-0.05, 0) is 43.5 Å². The highest BCUT2D eigenvalue weighted by atomic mass is 35.5. The van der Waals surface area contributed by atoms with Crippen LogP contribution >= 0.6 is 22.9 Å². The van der Waals surface area contributed by atoms with Crippen LogP contribution in [-0.2, 0) is 11.3 Å². The van der Waals surface area contributed by atoms with E-state index in [4.69, 9.17) is 16.0 Å². The van der Waals surface area contributed by atoms with Crippen molar-refractivity contribution in [2.75, 3.05) is 11.9 Å². The van der Waals surface area contributed by atoms with E-state index in [9.17, 15) is 9.59 Å². The van der Waals surface area contributed by atoms with Crippen LogP contribution in [0.4, 0.5) is 10.8 Å². The molecule has 1 fully saturated rings. The monoisotopic (exact) mass is 444 g/mol. The van der Waals surface area contributed by atoms with Crippen molar-refractivity contribution in [3.63, 3.8) is 0 Å². The Labute approximate surface area is 183 Å². The molecule has 0 aliphatic carbocycles. The summed E-state index contributed by atoms with van der Waals surface area (Å²) in [7, 11) is 0. The first-order chi connectivity index (χ1) is 14.6. The van der Waals surface area contributed by atoms with Gasteiger partial charge in [-0.3, -0.25) is 9.59 Å². The smallest absolute Gasteiger partial charge is 0.274 e. The number of aromatic nitrogens is 1. The molecule has 2 amide bonds. The van der Waals surface area contributed by atoms with Crippen LogP contribution in [0.25, 0.3) is 0 Å². The summed E-state index contributed by atoms with van der Waals surface area (Å²) in [6.07, 6.45) is 3.96. The molecule has 1 aliphatic heterocycles. The fraction of sp³-hybridized carbons (Fsp3) is 0.286. The van der Waals surface area contributed by atoms with E-state index in [1.165, 1.54) is 11.3 Å². The zero-order valence-corrected chi connectivity index (χ0v) is 17.7. The Morgan fingerprint density at radius 1 is 1.23 bits per heavy atom. The minimum Gasteiger partial charge on any atom is -0.467 e. The fourth-order valence-corrected chi connectivity index (χ4v) is 4.29. The number of hydrogen-bond donors (Lipinski definition) is 2. The van der Waals surface area contributed by atoms with E-state index in [0.29, 0.717) is 41.1 Å². The number of piperidine rings is 1. The predicted octanol–water partition coefficient (Wildman–Crippen LogP) is 4.44. The molecule has 1 aliphatic rings. The van der Waals surface area contributed by atoms with Crippen LogP contribution in [0.1, 0.15) is 35.5 Å². The van der Waals surface area contributed by atoms with E-state index in [2.05, 4.69) is 15.6 Å². The lowest BCUT2D eigenvalue weighted by Gasteiger charge is -2.34. The molecule has 4 rings (SSSR count). The maximum absolute atomic E-state index is 13.1. The predicted molar refractivity (Wildman–Crippen MR) is 116 cm³/mol. The molecular formula is C21H21ClN4O3S. The molecule has 1 atom stereocenters. The molecule has 1 unspecified atom stereocenters. The number of carbonyl (C=O) groups is 2. The van der Waals surface area contributed by atoms with Gasteiger partial charge in [-0.1, -0.05) is 23.7 Å². The molecule has 0 spiro atoms. The number of benzene rings is 1. The van der Waals surface area contributed by atoms with E-state index in [1.54, 1.807) is 34.7 Å². The zero-order chi connectivity index (χ0) is 20.9. The molecule has 9 heteroatoms. The molecule has 2 N–H and O–H groups in total. The van der Waals surface area contributed by atoms with Gasteiger partial charge in [0.25, 0.3) is 5.91 Å². The highest BCUT2D eigenvalue weighted by molar-refractivity contribution is 7.14. The lowest BCUT2D eigenvalue weighted by molar-refractivity contribution is -0.126. The summed E-state index contributed by atoms with van der Waals surface area (Å²) in [4.78, 5) is 31.9. The summed E-state index contributed by atoms with van der Waals surface area (Å²) in [5.74, 6) is 0.257. The average molecular weight is 445 g/mol. The molecule has 7 nitrogen and oxygen atoms in total. The van der Waals surface area contributed by atoms with Gasteiger partial charge >= 0.3 is 0 Å². The van der Waals surface area contributed by atoms with Crippen LogP contribution in [0.15, 0.2) is 52.5 Å². The Bertz CT molecular complexity index is 1020. The fourth-order valence-electron chi connectivity index (χ4n) is 3.41. The number of nitrogens with one attached hydrogen (secondary N) is 2. The molecule has 0 radical (unpaired) electrons. The summed E-state index contributed by atoms with van der Waals surface area (Å²) >= 11 is 7.50. The number of halogens is 1. The van der Waals surface area contributed by atoms with Crippen LogP contribution in [0.2, 0.25) is 5.02 Å². The number of para-hydroxylation sites is 1. The van der Waals surface area contributed by atoms with E-state index in [-0.39, 0.29) is 11.8 Å². The number of amides is 2. The summed E-state index contributed by atoms with van der Waals surface area (Å²) in [6, 6.07) is 10.4. The number of thiazole rings is 1. The van der Waals surface area contributed by atoms with Gasteiger partial charge < -0.3 is 20.0 Å². The highest BCUT2D eigenvalue weighted by Crippen LogP contribution is 2.28. The number of carbonyl (C=O) groups excluding carboxylic acids is 2. The van der Waals surface area contributed by atoms with Gasteiger partial charge in [-0.25, -0.2) is 4.98 Å². The molecular weight excluding hydrogens is 424 g/mol. The number of furan rings is 1. The van der Waals surface area contributed by atoms with Crippen LogP contribution < -0.4 is 10.6 Å². The quantitative estimate of drug-likeness (QED) is 0.586. The molecule has 30 heavy (non-hydrogen) atoms. The van der Waals surface area contributed by atoms with E-state index in [0.717, 1.165) is 18.5 Å².